The Labute approximate surface area is 160 Å². The van der Waals surface area contributed by atoms with Crippen LogP contribution in [0.3, 0.4) is 0 Å². The second-order valence-electron chi connectivity index (χ2n) is 7.03. The predicted molar refractivity (Wildman–Crippen MR) is 102 cm³/mol. The maximum absolute atomic E-state index is 13.6. The SMILES string of the molecule is CNc1ccc2c(c1)C1(C(=O)C2O)c2ccc(O)cc2Oc2cc(O)ccc21. The van der Waals surface area contributed by atoms with E-state index in [-0.39, 0.29) is 11.5 Å². The van der Waals surface area contributed by atoms with E-state index in [0.29, 0.717) is 33.8 Å². The van der Waals surface area contributed by atoms with Crippen molar-refractivity contribution in [3.8, 4) is 23.0 Å². The smallest absolute Gasteiger partial charge is 0.185 e. The topological polar surface area (TPSA) is 99.0 Å². The van der Waals surface area contributed by atoms with Gasteiger partial charge in [-0.05, 0) is 47.5 Å². The summed E-state index contributed by atoms with van der Waals surface area (Å²) in [7, 11) is 1.78. The molecular formula is C22H17NO5. The first kappa shape index (κ1) is 16.6. The molecule has 4 N–H and O–H groups in total. The first-order chi connectivity index (χ1) is 13.5. The highest BCUT2D eigenvalue weighted by atomic mass is 16.5. The van der Waals surface area contributed by atoms with Crippen LogP contribution in [-0.4, -0.2) is 28.2 Å². The van der Waals surface area contributed by atoms with Crippen molar-refractivity contribution >= 4 is 11.5 Å². The Morgan fingerprint density at radius 3 is 2.07 bits per heavy atom. The highest BCUT2D eigenvalue weighted by molar-refractivity contribution is 6.07. The van der Waals surface area contributed by atoms with E-state index >= 15 is 0 Å². The number of fused-ring (bicyclic) bond motifs is 6. The Hall–Kier alpha value is -3.51. The van der Waals surface area contributed by atoms with Gasteiger partial charge < -0.3 is 25.4 Å². The number of hydrogen-bond donors (Lipinski definition) is 4. The number of aliphatic hydroxyl groups excluding tert-OH is 1. The van der Waals surface area contributed by atoms with E-state index in [1.807, 2.05) is 12.1 Å². The van der Waals surface area contributed by atoms with Crippen LogP contribution in [0.5, 0.6) is 23.0 Å². The number of nitrogens with one attached hydrogen (secondary N) is 1. The van der Waals surface area contributed by atoms with Crippen molar-refractivity contribution in [2.24, 2.45) is 0 Å². The van der Waals surface area contributed by atoms with Gasteiger partial charge in [0.1, 0.15) is 34.5 Å². The zero-order valence-corrected chi connectivity index (χ0v) is 14.9. The third kappa shape index (κ3) is 1.92. The molecule has 140 valence electrons. The number of phenolic OH excluding ortho intramolecular Hbond substituents is 2. The average Bonchev–Trinajstić information content (AvgIpc) is 2.90. The lowest BCUT2D eigenvalue weighted by Gasteiger charge is -2.37. The third-order valence-electron chi connectivity index (χ3n) is 5.62. The van der Waals surface area contributed by atoms with Gasteiger partial charge in [-0.1, -0.05) is 6.07 Å². The summed E-state index contributed by atoms with van der Waals surface area (Å²) >= 11 is 0. The van der Waals surface area contributed by atoms with Crippen LogP contribution in [0.4, 0.5) is 5.69 Å². The molecule has 3 aromatic carbocycles. The molecule has 1 heterocycles. The van der Waals surface area contributed by atoms with Crippen molar-refractivity contribution in [2.75, 3.05) is 12.4 Å². The second kappa shape index (κ2) is 5.50. The van der Waals surface area contributed by atoms with E-state index in [0.717, 1.165) is 5.69 Å². The quantitative estimate of drug-likeness (QED) is 0.521. The first-order valence-corrected chi connectivity index (χ1v) is 8.86. The number of carbonyl (C=O) groups is 1. The van der Waals surface area contributed by atoms with Crippen molar-refractivity contribution < 1.29 is 24.9 Å². The summed E-state index contributed by atoms with van der Waals surface area (Å²) in [6, 6.07) is 14.6. The Balaban J connectivity index is 1.94. The number of anilines is 1. The Morgan fingerprint density at radius 2 is 1.50 bits per heavy atom. The van der Waals surface area contributed by atoms with Gasteiger partial charge in [-0.25, -0.2) is 0 Å². The van der Waals surface area contributed by atoms with Gasteiger partial charge in [-0.2, -0.15) is 0 Å². The zero-order valence-electron chi connectivity index (χ0n) is 14.9. The van der Waals surface area contributed by atoms with Crippen molar-refractivity contribution in [3.05, 3.63) is 76.9 Å². The fourth-order valence-electron chi connectivity index (χ4n) is 4.38. The van der Waals surface area contributed by atoms with Gasteiger partial charge in [-0.15, -0.1) is 0 Å². The molecule has 5 rings (SSSR count). The molecule has 1 atom stereocenters. The Morgan fingerprint density at radius 1 is 0.893 bits per heavy atom. The van der Waals surface area contributed by atoms with E-state index in [9.17, 15) is 20.1 Å². The largest absolute Gasteiger partial charge is 0.508 e. The van der Waals surface area contributed by atoms with E-state index in [1.54, 1.807) is 25.2 Å². The van der Waals surface area contributed by atoms with Crippen LogP contribution < -0.4 is 10.1 Å². The van der Waals surface area contributed by atoms with E-state index in [2.05, 4.69) is 5.32 Å². The van der Waals surface area contributed by atoms with E-state index < -0.39 is 17.3 Å². The van der Waals surface area contributed by atoms with Crippen LogP contribution in [0, 0.1) is 0 Å². The summed E-state index contributed by atoms with van der Waals surface area (Å²) < 4.78 is 5.91. The minimum absolute atomic E-state index is 0.00676. The van der Waals surface area contributed by atoms with Crippen LogP contribution in [0.1, 0.15) is 28.4 Å². The number of ketones is 1. The molecule has 1 unspecified atom stereocenters. The van der Waals surface area contributed by atoms with Crippen LogP contribution in [0.2, 0.25) is 0 Å². The van der Waals surface area contributed by atoms with Crippen LogP contribution in [-0.2, 0) is 10.2 Å². The van der Waals surface area contributed by atoms with Crippen molar-refractivity contribution in [2.45, 2.75) is 11.5 Å². The summed E-state index contributed by atoms with van der Waals surface area (Å²) in [5.41, 5.74) is 1.76. The lowest BCUT2D eigenvalue weighted by atomic mass is 9.67. The fraction of sp³-hybridized carbons (Fsp3) is 0.136. The minimum Gasteiger partial charge on any atom is -0.508 e. The van der Waals surface area contributed by atoms with Gasteiger partial charge >= 0.3 is 0 Å². The molecule has 0 aromatic heterocycles. The molecule has 3 aromatic rings. The molecule has 1 aliphatic carbocycles. The molecule has 6 nitrogen and oxygen atoms in total. The number of aromatic hydroxyl groups is 2. The van der Waals surface area contributed by atoms with Crippen molar-refractivity contribution in [1.29, 1.82) is 0 Å². The van der Waals surface area contributed by atoms with Crippen molar-refractivity contribution in [1.82, 2.24) is 0 Å². The number of aliphatic hydroxyl groups is 1. The summed E-state index contributed by atoms with van der Waals surface area (Å²) in [5.74, 6) is 0.209. The number of carbonyl (C=O) groups excluding carboxylic acids is 1. The van der Waals surface area contributed by atoms with E-state index in [1.165, 1.54) is 24.3 Å². The molecule has 0 bridgehead atoms. The maximum Gasteiger partial charge on any atom is 0.185 e. The third-order valence-corrected chi connectivity index (χ3v) is 5.62. The van der Waals surface area contributed by atoms with Gasteiger partial charge in [0.15, 0.2) is 5.78 Å². The summed E-state index contributed by atoms with van der Waals surface area (Å²) in [5, 5.41) is 33.7. The fourth-order valence-corrected chi connectivity index (χ4v) is 4.38. The zero-order chi connectivity index (χ0) is 19.6. The minimum atomic E-state index is -1.30. The summed E-state index contributed by atoms with van der Waals surface area (Å²) in [6.45, 7) is 0. The molecule has 2 aliphatic rings. The lowest BCUT2D eigenvalue weighted by molar-refractivity contribution is -0.129. The highest BCUT2D eigenvalue weighted by Gasteiger charge is 2.57. The number of Topliss-reactive ketones (excluding diaryl/α,β-unsaturated/α-hetero) is 1. The molecule has 0 fully saturated rings. The first-order valence-electron chi connectivity index (χ1n) is 8.86. The van der Waals surface area contributed by atoms with Gasteiger partial charge in [0.25, 0.3) is 0 Å². The summed E-state index contributed by atoms with van der Waals surface area (Å²) in [6.07, 6.45) is -1.29. The van der Waals surface area contributed by atoms with E-state index in [4.69, 9.17) is 4.74 Å². The van der Waals surface area contributed by atoms with Gasteiger partial charge in [0.05, 0.1) is 0 Å². The van der Waals surface area contributed by atoms with Crippen LogP contribution in [0.15, 0.2) is 54.6 Å². The molecular weight excluding hydrogens is 358 g/mol. The maximum atomic E-state index is 13.6. The molecule has 0 saturated carbocycles. The number of ether oxygens (including phenoxy) is 1. The molecule has 1 spiro atoms. The molecule has 28 heavy (non-hydrogen) atoms. The Bertz CT molecular complexity index is 1100. The molecule has 0 amide bonds. The number of rotatable bonds is 1. The molecule has 0 saturated heterocycles. The second-order valence-corrected chi connectivity index (χ2v) is 7.03. The monoisotopic (exact) mass is 375 g/mol. The molecule has 1 aliphatic heterocycles. The Kier molecular flexibility index (Phi) is 3.27. The van der Waals surface area contributed by atoms with Gasteiger partial charge in [0, 0.05) is 36.0 Å². The number of benzene rings is 3. The van der Waals surface area contributed by atoms with Crippen molar-refractivity contribution in [3.63, 3.8) is 0 Å². The molecule has 6 heteroatoms. The number of phenols is 2. The van der Waals surface area contributed by atoms with Crippen LogP contribution in [0.25, 0.3) is 0 Å². The lowest BCUT2D eigenvalue weighted by Crippen LogP contribution is -2.38. The normalized spacial score (nSPS) is 18.2. The number of hydrogen-bond acceptors (Lipinski definition) is 6. The standard InChI is InChI=1S/C22H17NO5/c1-23-11-2-5-14-17(8-11)22(21(27)20(14)26)15-6-3-12(24)9-18(15)28-19-10-13(25)4-7-16(19)22/h2-10,20,23-26H,1H3. The summed E-state index contributed by atoms with van der Waals surface area (Å²) in [4.78, 5) is 13.6. The highest BCUT2D eigenvalue weighted by Crippen LogP contribution is 2.59. The molecule has 0 radical (unpaired) electrons. The average molecular weight is 375 g/mol. The van der Waals surface area contributed by atoms with Gasteiger partial charge in [-0.3, -0.25) is 4.79 Å². The van der Waals surface area contributed by atoms with Crippen LogP contribution >= 0.6 is 0 Å². The predicted octanol–water partition coefficient (Wildman–Crippen LogP) is 3.20. The van der Waals surface area contributed by atoms with Gasteiger partial charge in [0.2, 0.25) is 0 Å².